The zero-order valence-electron chi connectivity index (χ0n) is 5.27. The average molecular weight is 235 g/mol. The predicted octanol–water partition coefficient (Wildman–Crippen LogP) is -0.831. The summed E-state index contributed by atoms with van der Waals surface area (Å²) in [5.74, 6) is -3.34. The van der Waals surface area contributed by atoms with Crippen LogP contribution >= 0.6 is 26.2 Å². The lowest BCUT2D eigenvalue weighted by molar-refractivity contribution is -0.315. The van der Waals surface area contributed by atoms with Gasteiger partial charge in [0.05, 0.1) is 5.85 Å². The number of hydrogen-bond acceptors (Lipinski definition) is 4. The van der Waals surface area contributed by atoms with E-state index in [0.717, 1.165) is 0 Å². The summed E-state index contributed by atoms with van der Waals surface area (Å²) in [4.78, 5) is 0. The van der Waals surface area contributed by atoms with Gasteiger partial charge in [0.15, 0.2) is 0 Å². The van der Waals surface area contributed by atoms with E-state index in [9.17, 15) is 0 Å². The van der Waals surface area contributed by atoms with Gasteiger partial charge in [0.2, 0.25) is 0 Å². The van der Waals surface area contributed by atoms with Crippen LogP contribution in [0.5, 0.6) is 0 Å². The number of halogens is 1. The van der Waals surface area contributed by atoms with Crippen LogP contribution in [0.15, 0.2) is 0 Å². The van der Waals surface area contributed by atoms with Gasteiger partial charge in [-0.15, -0.1) is 26.2 Å². The smallest absolute Gasteiger partial charge is 0.275 e. The monoisotopic (exact) mass is 234 g/mol. The van der Waals surface area contributed by atoms with Gasteiger partial charge in [-0.1, -0.05) is 0 Å². The molecular formula is C4H12BrO4P. The van der Waals surface area contributed by atoms with Crippen molar-refractivity contribution in [2.24, 2.45) is 0 Å². The molecule has 0 aromatic rings. The SMILES string of the molecule is Br.OC(P)CCC(O)(O)O. The summed E-state index contributed by atoms with van der Waals surface area (Å²) in [5, 5.41) is 33.3. The van der Waals surface area contributed by atoms with Crippen molar-refractivity contribution in [3.8, 4) is 0 Å². The molecule has 0 bridgehead atoms. The molecular weight excluding hydrogens is 223 g/mol. The van der Waals surface area contributed by atoms with Crippen molar-refractivity contribution in [1.29, 1.82) is 0 Å². The van der Waals surface area contributed by atoms with Crippen LogP contribution in [0.3, 0.4) is 0 Å². The Labute approximate surface area is 71.9 Å². The fourth-order valence-electron chi connectivity index (χ4n) is 0.342. The topological polar surface area (TPSA) is 80.9 Å². The molecule has 0 heterocycles. The fourth-order valence-corrected chi connectivity index (χ4v) is 0.508. The first-order chi connectivity index (χ1) is 3.92. The molecule has 0 fully saturated rings. The van der Waals surface area contributed by atoms with Gasteiger partial charge in [-0.3, -0.25) is 0 Å². The molecule has 0 amide bonds. The summed E-state index contributed by atoms with van der Waals surface area (Å²) < 4.78 is 0. The van der Waals surface area contributed by atoms with Crippen molar-refractivity contribution in [1.82, 2.24) is 0 Å². The van der Waals surface area contributed by atoms with Crippen molar-refractivity contribution in [2.45, 2.75) is 24.7 Å². The minimum Gasteiger partial charge on any atom is -0.389 e. The number of hydrogen-bond donors (Lipinski definition) is 4. The van der Waals surface area contributed by atoms with Gasteiger partial charge in [0, 0.05) is 6.42 Å². The van der Waals surface area contributed by atoms with E-state index < -0.39 is 11.8 Å². The highest BCUT2D eigenvalue weighted by molar-refractivity contribution is 8.93. The van der Waals surface area contributed by atoms with Gasteiger partial charge in [0.25, 0.3) is 5.97 Å². The number of rotatable bonds is 3. The van der Waals surface area contributed by atoms with Crippen LogP contribution in [-0.4, -0.2) is 32.2 Å². The Hall–Kier alpha value is 0.750. The molecule has 0 radical (unpaired) electrons. The first-order valence-electron chi connectivity index (χ1n) is 2.52. The molecule has 0 saturated heterocycles. The number of aliphatic hydroxyl groups is 4. The molecule has 2 unspecified atom stereocenters. The third-order valence-corrected chi connectivity index (χ3v) is 1.11. The maximum Gasteiger partial charge on any atom is 0.275 e. The Balaban J connectivity index is 0. The van der Waals surface area contributed by atoms with Gasteiger partial charge >= 0.3 is 0 Å². The Morgan fingerprint density at radius 3 is 1.80 bits per heavy atom. The third-order valence-electron chi connectivity index (χ3n) is 0.776. The average Bonchev–Trinajstić information content (AvgIpc) is 1.59. The Kier molecular flexibility index (Phi) is 7.22. The molecule has 4 N–H and O–H groups in total. The highest BCUT2D eigenvalue weighted by Gasteiger charge is 2.17. The van der Waals surface area contributed by atoms with E-state index in [1.807, 2.05) is 0 Å². The molecule has 0 aromatic carbocycles. The summed E-state index contributed by atoms with van der Waals surface area (Å²) in [7, 11) is 2.06. The van der Waals surface area contributed by atoms with Crippen LogP contribution in [0.1, 0.15) is 12.8 Å². The second-order valence-corrected chi connectivity index (χ2v) is 2.65. The second kappa shape index (κ2) is 5.41. The lowest BCUT2D eigenvalue weighted by Gasteiger charge is -2.13. The Bertz CT molecular complexity index is 81.8. The van der Waals surface area contributed by atoms with Crippen LogP contribution in [0.25, 0.3) is 0 Å². The summed E-state index contributed by atoms with van der Waals surface area (Å²) in [6.07, 6.45) is -0.119. The molecule has 0 spiro atoms. The van der Waals surface area contributed by atoms with E-state index in [2.05, 4.69) is 9.24 Å². The van der Waals surface area contributed by atoms with E-state index in [-0.39, 0.29) is 29.8 Å². The lowest BCUT2D eigenvalue weighted by Crippen LogP contribution is -2.27. The molecule has 0 aliphatic heterocycles. The van der Waals surface area contributed by atoms with Crippen LogP contribution in [-0.2, 0) is 0 Å². The van der Waals surface area contributed by atoms with Crippen molar-refractivity contribution >= 4 is 26.2 Å². The molecule has 6 heteroatoms. The van der Waals surface area contributed by atoms with E-state index in [1.165, 1.54) is 0 Å². The van der Waals surface area contributed by atoms with Gasteiger partial charge in [0.1, 0.15) is 0 Å². The third kappa shape index (κ3) is 11.5. The highest BCUT2D eigenvalue weighted by atomic mass is 79.9. The molecule has 0 aromatic heterocycles. The summed E-state index contributed by atoms with van der Waals surface area (Å²) in [6.45, 7) is 0. The first-order valence-corrected chi connectivity index (χ1v) is 3.19. The summed E-state index contributed by atoms with van der Waals surface area (Å²) in [5.41, 5.74) is 0. The Morgan fingerprint density at radius 1 is 1.30 bits per heavy atom. The standard InChI is InChI=1S/C4H11O4P.BrH/c5-3(9)1-2-4(6,7)8;/h3,5-8H,1-2,9H2;1H. The minimum absolute atomic E-state index is 0. The van der Waals surface area contributed by atoms with Crippen molar-refractivity contribution in [3.63, 3.8) is 0 Å². The normalized spacial score (nSPS) is 14.1. The summed E-state index contributed by atoms with van der Waals surface area (Å²) >= 11 is 0. The lowest BCUT2D eigenvalue weighted by atomic mass is 10.3. The molecule has 2 atom stereocenters. The quantitative estimate of drug-likeness (QED) is 0.380. The van der Waals surface area contributed by atoms with Crippen LogP contribution in [0, 0.1) is 0 Å². The van der Waals surface area contributed by atoms with Crippen molar-refractivity contribution in [3.05, 3.63) is 0 Å². The molecule has 0 saturated carbocycles. The van der Waals surface area contributed by atoms with E-state index >= 15 is 0 Å². The molecule has 0 aliphatic rings. The van der Waals surface area contributed by atoms with E-state index in [4.69, 9.17) is 20.4 Å². The fraction of sp³-hybridized carbons (Fsp3) is 1.00. The molecule has 0 aliphatic carbocycles. The Morgan fingerprint density at radius 2 is 1.70 bits per heavy atom. The predicted molar refractivity (Wildman–Crippen MR) is 44.7 cm³/mol. The largest absolute Gasteiger partial charge is 0.389 e. The molecule has 0 rings (SSSR count). The zero-order chi connectivity index (χ0) is 7.49. The minimum atomic E-state index is -2.64. The van der Waals surface area contributed by atoms with Crippen molar-refractivity contribution in [2.75, 3.05) is 0 Å². The van der Waals surface area contributed by atoms with Gasteiger partial charge in [-0.2, -0.15) is 0 Å². The maximum atomic E-state index is 8.55. The summed E-state index contributed by atoms with van der Waals surface area (Å²) in [6, 6.07) is 0. The molecule has 64 valence electrons. The van der Waals surface area contributed by atoms with Gasteiger partial charge in [-0.05, 0) is 6.42 Å². The van der Waals surface area contributed by atoms with E-state index in [1.54, 1.807) is 0 Å². The van der Waals surface area contributed by atoms with Crippen molar-refractivity contribution < 1.29 is 20.4 Å². The molecule has 4 nitrogen and oxygen atoms in total. The van der Waals surface area contributed by atoms with E-state index in [0.29, 0.717) is 0 Å². The molecule has 10 heavy (non-hydrogen) atoms. The van der Waals surface area contributed by atoms with Crippen LogP contribution in [0.4, 0.5) is 0 Å². The van der Waals surface area contributed by atoms with Gasteiger partial charge < -0.3 is 20.4 Å². The zero-order valence-corrected chi connectivity index (χ0v) is 8.13. The van der Waals surface area contributed by atoms with Crippen LogP contribution < -0.4 is 0 Å². The first kappa shape index (κ1) is 13.3. The second-order valence-electron chi connectivity index (χ2n) is 1.88. The number of aliphatic hydroxyl groups excluding tert-OH is 1. The highest BCUT2D eigenvalue weighted by Crippen LogP contribution is 2.10. The van der Waals surface area contributed by atoms with Crippen LogP contribution in [0.2, 0.25) is 0 Å². The van der Waals surface area contributed by atoms with Gasteiger partial charge in [-0.25, -0.2) is 0 Å². The maximum absolute atomic E-state index is 8.55.